The fraction of sp³-hybridized carbons (Fsp3) is 0. The van der Waals surface area contributed by atoms with Crippen LogP contribution in [0.2, 0.25) is 0 Å². The summed E-state index contributed by atoms with van der Waals surface area (Å²) in [6.45, 7) is 8.23. The first-order valence-corrected chi connectivity index (χ1v) is 18.3. The van der Waals surface area contributed by atoms with Crippen LogP contribution in [0.3, 0.4) is 0 Å². The third kappa shape index (κ3) is 4.80. The molecule has 6 aromatic carbocycles. The molecule has 49 heavy (non-hydrogen) atoms. The SMILES string of the molecule is C=C/C=C\C(=C)n1c2ccccc2c2cc(C3=NI=C(c4ccc5c6ccccc6n(-c6ccccc6)c5c4)N3c3ccccc3)ccc21. The van der Waals surface area contributed by atoms with Crippen molar-refractivity contribution in [1.82, 2.24) is 9.13 Å². The maximum atomic E-state index is 5.36. The first kappa shape index (κ1) is 29.4. The Kier molecular flexibility index (Phi) is 7.20. The molecule has 0 amide bonds. The zero-order chi connectivity index (χ0) is 32.9. The molecule has 0 atom stereocenters. The monoisotopic (exact) mass is 742 g/mol. The lowest BCUT2D eigenvalue weighted by atomic mass is 10.1. The van der Waals surface area contributed by atoms with E-state index >= 15 is 0 Å². The van der Waals surface area contributed by atoms with Gasteiger partial charge >= 0.3 is 0 Å². The van der Waals surface area contributed by atoms with Crippen LogP contribution in [0.4, 0.5) is 5.69 Å². The van der Waals surface area contributed by atoms with E-state index in [0.717, 1.165) is 39.5 Å². The predicted molar refractivity (Wildman–Crippen MR) is 218 cm³/mol. The van der Waals surface area contributed by atoms with E-state index in [2.05, 4.69) is 173 Å². The normalized spacial score (nSPS) is 13.3. The summed E-state index contributed by atoms with van der Waals surface area (Å²) in [6, 6.07) is 52.2. The smallest absolute Gasteiger partial charge is 0.151 e. The van der Waals surface area contributed by atoms with E-state index < -0.39 is 21.0 Å². The summed E-state index contributed by atoms with van der Waals surface area (Å²) in [6.07, 6.45) is 5.72. The highest BCUT2D eigenvalue weighted by molar-refractivity contribution is 14.2. The van der Waals surface area contributed by atoms with Crippen molar-refractivity contribution < 1.29 is 0 Å². The molecule has 9 rings (SSSR count). The second-order valence-electron chi connectivity index (χ2n) is 12.0. The summed E-state index contributed by atoms with van der Waals surface area (Å²) in [5.74, 6) is 0.988. The average molecular weight is 743 g/mol. The molecule has 0 fully saturated rings. The van der Waals surface area contributed by atoms with Gasteiger partial charge in [-0.25, -0.2) is 3.21 Å². The molecule has 2 aromatic heterocycles. The molecule has 1 aliphatic rings. The van der Waals surface area contributed by atoms with Crippen LogP contribution in [0.25, 0.3) is 55.0 Å². The zero-order valence-electron chi connectivity index (χ0n) is 26.7. The quantitative estimate of drug-likeness (QED) is 0.118. The number of allylic oxidation sites excluding steroid dienone is 4. The number of para-hydroxylation sites is 4. The van der Waals surface area contributed by atoms with Crippen molar-refractivity contribution in [2.24, 2.45) is 3.21 Å². The van der Waals surface area contributed by atoms with Gasteiger partial charge in [0.15, 0.2) is 5.84 Å². The first-order chi connectivity index (χ1) is 24.2. The molecule has 5 heteroatoms. The van der Waals surface area contributed by atoms with Crippen molar-refractivity contribution in [2.75, 3.05) is 4.90 Å². The number of fused-ring (bicyclic) bond motifs is 6. The Hall–Kier alpha value is -5.79. The van der Waals surface area contributed by atoms with Gasteiger partial charge in [-0.15, -0.1) is 0 Å². The van der Waals surface area contributed by atoms with E-state index in [1.165, 1.54) is 41.8 Å². The maximum absolute atomic E-state index is 5.36. The summed E-state index contributed by atoms with van der Waals surface area (Å²) in [5, 5.41) is 4.87. The van der Waals surface area contributed by atoms with Gasteiger partial charge in [0, 0.05) is 49.7 Å². The lowest BCUT2D eigenvalue weighted by molar-refractivity contribution is 1.18. The van der Waals surface area contributed by atoms with Crippen LogP contribution in [-0.4, -0.2) is 18.6 Å². The highest BCUT2D eigenvalue weighted by Crippen LogP contribution is 2.38. The molecular formula is C44H31IN4. The van der Waals surface area contributed by atoms with Gasteiger partial charge in [-0.2, -0.15) is 0 Å². The Bertz CT molecular complexity index is 2690. The van der Waals surface area contributed by atoms with Crippen LogP contribution in [0.5, 0.6) is 0 Å². The van der Waals surface area contributed by atoms with E-state index in [1.54, 1.807) is 6.08 Å². The Labute approximate surface area is 295 Å². The molecular weight excluding hydrogens is 711 g/mol. The number of amidine groups is 1. The number of halogens is 1. The molecule has 0 aliphatic carbocycles. The van der Waals surface area contributed by atoms with Crippen molar-refractivity contribution in [3.8, 4) is 5.69 Å². The fourth-order valence-corrected chi connectivity index (χ4v) is 9.33. The van der Waals surface area contributed by atoms with E-state index in [0.29, 0.717) is 0 Å². The largest absolute Gasteiger partial charge is 0.310 e. The Morgan fingerprint density at radius 3 is 1.94 bits per heavy atom. The minimum Gasteiger partial charge on any atom is -0.310 e. The number of rotatable bonds is 7. The van der Waals surface area contributed by atoms with E-state index in [-0.39, 0.29) is 0 Å². The molecule has 0 saturated heterocycles. The van der Waals surface area contributed by atoms with Gasteiger partial charge in [-0.05, 0) is 66.7 Å². The van der Waals surface area contributed by atoms with Crippen LogP contribution in [0.15, 0.2) is 180 Å². The Morgan fingerprint density at radius 2 is 1.18 bits per heavy atom. The topological polar surface area (TPSA) is 25.5 Å². The highest BCUT2D eigenvalue weighted by Gasteiger charge is 2.28. The van der Waals surface area contributed by atoms with Crippen LogP contribution < -0.4 is 4.90 Å². The maximum Gasteiger partial charge on any atom is 0.151 e. The van der Waals surface area contributed by atoms with Gasteiger partial charge in [0.2, 0.25) is 0 Å². The molecule has 234 valence electrons. The summed E-state index contributed by atoms with van der Waals surface area (Å²) in [4.78, 5) is 2.38. The van der Waals surface area contributed by atoms with Gasteiger partial charge in [-0.1, -0.05) is 110 Å². The van der Waals surface area contributed by atoms with E-state index in [9.17, 15) is 0 Å². The summed E-state index contributed by atoms with van der Waals surface area (Å²) < 4.78 is 11.2. The van der Waals surface area contributed by atoms with Crippen LogP contribution in [0, 0.1) is 0 Å². The number of hydrogen-bond donors (Lipinski definition) is 0. The molecule has 0 bridgehead atoms. The molecule has 4 nitrogen and oxygen atoms in total. The van der Waals surface area contributed by atoms with E-state index in [1.807, 2.05) is 12.2 Å². The van der Waals surface area contributed by atoms with Crippen LogP contribution in [-0.2, 0) is 0 Å². The van der Waals surface area contributed by atoms with Gasteiger partial charge < -0.3 is 9.13 Å². The van der Waals surface area contributed by atoms with Gasteiger partial charge in [0.1, 0.15) is 3.63 Å². The van der Waals surface area contributed by atoms with Gasteiger partial charge in [0.25, 0.3) is 0 Å². The second kappa shape index (κ2) is 12.0. The highest BCUT2D eigenvalue weighted by atomic mass is 127. The van der Waals surface area contributed by atoms with Crippen LogP contribution in [0.1, 0.15) is 11.1 Å². The Balaban J connectivity index is 1.20. The molecule has 0 spiro atoms. The third-order valence-electron chi connectivity index (χ3n) is 9.19. The predicted octanol–water partition coefficient (Wildman–Crippen LogP) is 11.4. The number of hydrogen-bond acceptors (Lipinski definition) is 2. The van der Waals surface area contributed by atoms with Crippen molar-refractivity contribution in [3.05, 3.63) is 188 Å². The molecule has 8 aromatic rings. The molecule has 1 aliphatic heterocycles. The van der Waals surface area contributed by atoms with Crippen molar-refractivity contribution in [2.45, 2.75) is 0 Å². The molecule has 0 unspecified atom stereocenters. The first-order valence-electron chi connectivity index (χ1n) is 16.3. The standard InChI is InChI=1S/C44H31IN4/c1-3-4-15-30(2)47-39-22-13-12-21-36(39)38-28-32(25-27-41(38)47)44-46-45-43(49(44)34-18-9-6-10-19-34)31-24-26-37-35-20-11-14-23-40(35)48(42(37)29-31)33-16-7-5-8-17-33/h3-29H,1-2H2/b15-4-. The van der Waals surface area contributed by atoms with Gasteiger partial charge in [-0.3, -0.25) is 4.90 Å². The lowest BCUT2D eigenvalue weighted by Crippen LogP contribution is -2.34. The number of benzene rings is 6. The zero-order valence-corrected chi connectivity index (χ0v) is 28.8. The number of nitrogens with zero attached hydrogens (tertiary/aromatic N) is 4. The average Bonchev–Trinajstić information content (AvgIpc) is 3.84. The number of aromatic nitrogens is 2. The fourth-order valence-electron chi connectivity index (χ4n) is 7.05. The molecule has 0 radical (unpaired) electrons. The number of anilines is 1. The summed E-state index contributed by atoms with van der Waals surface area (Å²) >= 11 is -0.689. The van der Waals surface area contributed by atoms with Crippen molar-refractivity contribution >= 4 is 85.5 Å². The molecule has 0 saturated carbocycles. The molecule has 0 N–H and O–H groups in total. The van der Waals surface area contributed by atoms with Gasteiger partial charge in [0.05, 0.1) is 43.1 Å². The van der Waals surface area contributed by atoms with Crippen LogP contribution >= 0.6 is 21.0 Å². The van der Waals surface area contributed by atoms with E-state index in [4.69, 9.17) is 3.21 Å². The minimum atomic E-state index is -0.689. The summed E-state index contributed by atoms with van der Waals surface area (Å²) in [5.41, 5.74) is 10.1. The molecule has 3 heterocycles. The lowest BCUT2D eigenvalue weighted by Gasteiger charge is -2.24. The second-order valence-corrected chi connectivity index (χ2v) is 14.0. The minimum absolute atomic E-state index is 0.689. The summed E-state index contributed by atoms with van der Waals surface area (Å²) in [7, 11) is 0. The van der Waals surface area contributed by atoms with Crippen molar-refractivity contribution in [1.29, 1.82) is 0 Å². The Morgan fingerprint density at radius 1 is 0.571 bits per heavy atom. The van der Waals surface area contributed by atoms with Crippen molar-refractivity contribution in [3.63, 3.8) is 0 Å². The third-order valence-corrected chi connectivity index (χ3v) is 11.5.